The number of pyridine rings is 1. The van der Waals surface area contributed by atoms with Gasteiger partial charge in [-0.05, 0) is 38.0 Å². The predicted octanol–water partition coefficient (Wildman–Crippen LogP) is 5.43. The van der Waals surface area contributed by atoms with E-state index in [1.807, 2.05) is 10.9 Å². The molecule has 8 nitrogen and oxygen atoms in total. The van der Waals surface area contributed by atoms with Crippen molar-refractivity contribution in [2.75, 3.05) is 18.8 Å². The number of amides is 1. The number of hydrogen-bond donors (Lipinski definition) is 2. The number of carboxylic acid groups (broad SMARTS) is 1. The second-order valence-corrected chi connectivity index (χ2v) is 9.82. The molecule has 1 atom stereocenters. The summed E-state index contributed by atoms with van der Waals surface area (Å²) < 4.78 is 21.8. The maximum absolute atomic E-state index is 13.9. The van der Waals surface area contributed by atoms with Crippen molar-refractivity contribution in [3.8, 4) is 16.9 Å². The molecule has 1 unspecified atom stereocenters. The fourth-order valence-electron chi connectivity index (χ4n) is 4.84. The average Bonchev–Trinajstić information content (AvgIpc) is 3.20. The van der Waals surface area contributed by atoms with Crippen LogP contribution in [-0.4, -0.2) is 44.0 Å². The summed E-state index contributed by atoms with van der Waals surface area (Å²) in [6, 6.07) is 4.61. The summed E-state index contributed by atoms with van der Waals surface area (Å²) in [4.78, 5) is 16.7. The molecule has 3 N–H and O–H groups in total. The summed E-state index contributed by atoms with van der Waals surface area (Å²) >= 11 is 12.3. The van der Waals surface area contributed by atoms with Crippen LogP contribution in [0.25, 0.3) is 11.1 Å². The molecule has 1 spiro atoms. The Morgan fingerprint density at radius 3 is 2.74 bits per heavy atom. The average molecular weight is 506 g/mol. The van der Waals surface area contributed by atoms with Crippen LogP contribution in [0.1, 0.15) is 37.5 Å². The van der Waals surface area contributed by atoms with Gasteiger partial charge in [0.1, 0.15) is 11.9 Å². The molecular weight excluding hydrogens is 484 g/mol. The van der Waals surface area contributed by atoms with Gasteiger partial charge in [0.15, 0.2) is 11.6 Å². The van der Waals surface area contributed by atoms with E-state index < -0.39 is 18.0 Å². The summed E-state index contributed by atoms with van der Waals surface area (Å²) in [7, 11) is 0. The second kappa shape index (κ2) is 8.32. The number of ether oxygens (including phenoxy) is 1. The van der Waals surface area contributed by atoms with Gasteiger partial charge >= 0.3 is 6.09 Å². The molecular formula is C23H22Cl2FN5O3. The summed E-state index contributed by atoms with van der Waals surface area (Å²) in [5.74, 6) is -0.0837. The molecule has 34 heavy (non-hydrogen) atoms. The first-order valence-electron chi connectivity index (χ1n) is 10.7. The Morgan fingerprint density at radius 2 is 2.03 bits per heavy atom. The van der Waals surface area contributed by atoms with Crippen LogP contribution in [0.3, 0.4) is 0 Å². The minimum absolute atomic E-state index is 0.0918. The number of nitrogen functional groups attached to an aromatic ring is 1. The normalized spacial score (nSPS) is 17.8. The maximum Gasteiger partial charge on any atom is 0.407 e. The summed E-state index contributed by atoms with van der Waals surface area (Å²) in [5.41, 5.74) is 8.05. The lowest BCUT2D eigenvalue weighted by molar-refractivity contribution is -0.0771. The first kappa shape index (κ1) is 22.7. The van der Waals surface area contributed by atoms with Crippen molar-refractivity contribution in [1.29, 1.82) is 0 Å². The predicted molar refractivity (Wildman–Crippen MR) is 126 cm³/mol. The molecule has 1 saturated heterocycles. The lowest BCUT2D eigenvalue weighted by atomic mass is 9.61. The van der Waals surface area contributed by atoms with Crippen LogP contribution in [-0.2, 0) is 0 Å². The highest BCUT2D eigenvalue weighted by molar-refractivity contribution is 6.36. The smallest absolute Gasteiger partial charge is 0.407 e. The molecule has 0 radical (unpaired) electrons. The molecule has 1 aliphatic carbocycles. The van der Waals surface area contributed by atoms with Crippen molar-refractivity contribution in [2.24, 2.45) is 5.41 Å². The second-order valence-electron chi connectivity index (χ2n) is 9.03. The van der Waals surface area contributed by atoms with Crippen LogP contribution in [0.4, 0.5) is 15.0 Å². The summed E-state index contributed by atoms with van der Waals surface area (Å²) in [5, 5.41) is 13.7. The van der Waals surface area contributed by atoms with Crippen molar-refractivity contribution in [3.05, 3.63) is 58.2 Å². The Kier molecular flexibility index (Phi) is 5.56. The molecule has 1 saturated carbocycles. The first-order valence-corrected chi connectivity index (χ1v) is 11.5. The van der Waals surface area contributed by atoms with Crippen LogP contribution in [0.15, 0.2) is 36.8 Å². The molecule has 1 aliphatic heterocycles. The Morgan fingerprint density at radius 1 is 1.29 bits per heavy atom. The van der Waals surface area contributed by atoms with Gasteiger partial charge in [0.25, 0.3) is 0 Å². The number of likely N-dealkylation sites (tertiary alicyclic amines) is 1. The number of aromatic nitrogens is 3. The zero-order valence-corrected chi connectivity index (χ0v) is 19.7. The maximum atomic E-state index is 13.9. The molecule has 2 aliphatic rings. The first-order chi connectivity index (χ1) is 16.2. The standard InChI is InChI=1S/C23H22Cl2FN5O3/c1-12(19-16(24)2-3-17(26)20(19)25)34-18-4-13(7-28-21(18)27)14-8-29-31(9-14)15-5-23(6-15)10-30(11-23)22(32)33/h2-4,7-9,12,15H,5-6,10-11H2,1H3,(H2,27,28)(H,32,33). The van der Waals surface area contributed by atoms with Gasteiger partial charge in [-0.1, -0.05) is 23.2 Å². The van der Waals surface area contributed by atoms with Crippen LogP contribution < -0.4 is 10.5 Å². The zero-order chi connectivity index (χ0) is 24.2. The highest BCUT2D eigenvalue weighted by Gasteiger charge is 2.54. The zero-order valence-electron chi connectivity index (χ0n) is 18.2. The van der Waals surface area contributed by atoms with Crippen LogP contribution in [0.5, 0.6) is 5.75 Å². The fraction of sp³-hybridized carbons (Fsp3) is 0.348. The number of nitrogens with two attached hydrogens (primary N) is 1. The van der Waals surface area contributed by atoms with Gasteiger partial charge in [0, 0.05) is 52.6 Å². The van der Waals surface area contributed by atoms with Crippen LogP contribution >= 0.6 is 23.2 Å². The third-order valence-electron chi connectivity index (χ3n) is 6.64. The van der Waals surface area contributed by atoms with Gasteiger partial charge in [-0.3, -0.25) is 4.68 Å². The number of nitrogens with zero attached hydrogens (tertiary/aromatic N) is 4. The Labute approximate surface area is 205 Å². The minimum atomic E-state index is -0.861. The molecule has 1 amide bonds. The molecule has 3 aromatic rings. The molecule has 0 bridgehead atoms. The number of anilines is 1. The van der Waals surface area contributed by atoms with Gasteiger partial charge in [-0.15, -0.1) is 0 Å². The summed E-state index contributed by atoms with van der Waals surface area (Å²) in [6.45, 7) is 2.88. The molecule has 2 fully saturated rings. The van der Waals surface area contributed by atoms with Crippen molar-refractivity contribution in [1.82, 2.24) is 19.7 Å². The highest BCUT2D eigenvalue weighted by atomic mass is 35.5. The van der Waals surface area contributed by atoms with E-state index in [0.717, 1.165) is 24.0 Å². The number of benzene rings is 1. The minimum Gasteiger partial charge on any atom is -0.482 e. The monoisotopic (exact) mass is 505 g/mol. The van der Waals surface area contributed by atoms with E-state index in [9.17, 15) is 9.18 Å². The quantitative estimate of drug-likeness (QED) is 0.447. The molecule has 2 aromatic heterocycles. The van der Waals surface area contributed by atoms with E-state index in [0.29, 0.717) is 29.4 Å². The third-order valence-corrected chi connectivity index (χ3v) is 7.35. The van der Waals surface area contributed by atoms with Crippen LogP contribution in [0, 0.1) is 11.2 Å². The van der Waals surface area contributed by atoms with Crippen molar-refractivity contribution in [3.63, 3.8) is 0 Å². The number of rotatable bonds is 5. The molecule has 3 heterocycles. The van der Waals surface area contributed by atoms with Gasteiger partial charge in [0.05, 0.1) is 17.3 Å². The van der Waals surface area contributed by atoms with Crippen LogP contribution in [0.2, 0.25) is 10.0 Å². The molecule has 11 heteroatoms. The molecule has 1 aromatic carbocycles. The van der Waals surface area contributed by atoms with Gasteiger partial charge in [-0.25, -0.2) is 14.2 Å². The number of carbonyl (C=O) groups is 1. The number of hydrogen-bond acceptors (Lipinski definition) is 5. The van der Waals surface area contributed by atoms with Crippen molar-refractivity contribution >= 4 is 35.1 Å². The van der Waals surface area contributed by atoms with Gasteiger partial charge < -0.3 is 20.5 Å². The van der Waals surface area contributed by atoms with Crippen molar-refractivity contribution in [2.45, 2.75) is 31.9 Å². The Hall–Kier alpha value is -3.04. The van der Waals surface area contributed by atoms with Gasteiger partial charge in [0.2, 0.25) is 0 Å². The van der Waals surface area contributed by atoms with E-state index in [1.54, 1.807) is 25.4 Å². The lowest BCUT2D eigenvalue weighted by Crippen LogP contribution is -2.63. The SMILES string of the molecule is CC(Oc1cc(-c2cnn(C3CC4(C3)CN(C(=O)O)C4)c2)cnc1N)c1c(Cl)ccc(F)c1Cl. The van der Waals surface area contributed by atoms with E-state index in [2.05, 4.69) is 10.1 Å². The number of halogens is 3. The van der Waals surface area contributed by atoms with E-state index >= 15 is 0 Å². The molecule has 178 valence electrons. The van der Waals surface area contributed by atoms with E-state index in [-0.39, 0.29) is 22.3 Å². The van der Waals surface area contributed by atoms with E-state index in [1.165, 1.54) is 17.0 Å². The Balaban J connectivity index is 1.30. The topological polar surface area (TPSA) is 106 Å². The largest absolute Gasteiger partial charge is 0.482 e. The summed E-state index contributed by atoms with van der Waals surface area (Å²) in [6.07, 6.45) is 5.59. The molecule has 5 rings (SSSR count). The Bertz CT molecular complexity index is 1270. The van der Waals surface area contributed by atoms with Crippen molar-refractivity contribution < 1.29 is 19.0 Å². The highest BCUT2D eigenvalue weighted by Crippen LogP contribution is 2.54. The lowest BCUT2D eigenvalue weighted by Gasteiger charge is -2.57. The van der Waals surface area contributed by atoms with Gasteiger partial charge in [-0.2, -0.15) is 5.10 Å². The van der Waals surface area contributed by atoms with E-state index in [4.69, 9.17) is 38.8 Å². The third kappa shape index (κ3) is 3.92. The fourth-order valence-corrected chi connectivity index (χ4v) is 5.52.